The van der Waals surface area contributed by atoms with Crippen LogP contribution in [0.3, 0.4) is 0 Å². The van der Waals surface area contributed by atoms with Gasteiger partial charge in [-0.2, -0.15) is 0 Å². The average molecular weight is 289 g/mol. The summed E-state index contributed by atoms with van der Waals surface area (Å²) in [7, 11) is 0. The number of benzene rings is 2. The minimum Gasteiger partial charge on any atom is -0.385 e. The second-order valence-corrected chi connectivity index (χ2v) is 5.60. The van der Waals surface area contributed by atoms with E-state index in [2.05, 4.69) is 0 Å². The highest BCUT2D eigenvalue weighted by Crippen LogP contribution is 2.45. The van der Waals surface area contributed by atoms with Crippen molar-refractivity contribution in [3.63, 3.8) is 0 Å². The van der Waals surface area contributed by atoms with Gasteiger partial charge in [0.25, 0.3) is 0 Å². The van der Waals surface area contributed by atoms with Crippen LogP contribution < -0.4 is 0 Å². The molecule has 1 fully saturated rings. The predicted molar refractivity (Wildman–Crippen MR) is 79.7 cm³/mol. The fraction of sp³-hybridized carbons (Fsp3) is 0.294. The van der Waals surface area contributed by atoms with Crippen molar-refractivity contribution < 1.29 is 9.84 Å². The molecule has 2 aromatic rings. The smallest absolute Gasteiger partial charge is 0.123 e. The Morgan fingerprint density at radius 2 is 1.75 bits per heavy atom. The SMILES string of the molecule is OC(c1ccc(Cl)cc1)C1(c2ccccc2)CCCO1. The van der Waals surface area contributed by atoms with E-state index in [1.165, 1.54) is 0 Å². The van der Waals surface area contributed by atoms with Crippen molar-refractivity contribution >= 4 is 11.6 Å². The molecule has 2 unspecified atom stereocenters. The number of hydrogen-bond acceptors (Lipinski definition) is 2. The zero-order valence-electron chi connectivity index (χ0n) is 11.1. The molecule has 2 nitrogen and oxygen atoms in total. The van der Waals surface area contributed by atoms with Crippen LogP contribution >= 0.6 is 11.6 Å². The molecule has 0 radical (unpaired) electrons. The Labute approximate surface area is 124 Å². The third kappa shape index (κ3) is 2.35. The van der Waals surface area contributed by atoms with Crippen LogP contribution in [0.15, 0.2) is 54.6 Å². The highest BCUT2D eigenvalue weighted by molar-refractivity contribution is 6.30. The van der Waals surface area contributed by atoms with Crippen LogP contribution in [0.5, 0.6) is 0 Å². The van der Waals surface area contributed by atoms with Gasteiger partial charge in [0.15, 0.2) is 0 Å². The summed E-state index contributed by atoms with van der Waals surface area (Å²) >= 11 is 5.91. The summed E-state index contributed by atoms with van der Waals surface area (Å²) in [4.78, 5) is 0. The molecule has 0 amide bonds. The van der Waals surface area contributed by atoms with Gasteiger partial charge in [0.05, 0.1) is 0 Å². The van der Waals surface area contributed by atoms with Crippen molar-refractivity contribution in [1.82, 2.24) is 0 Å². The van der Waals surface area contributed by atoms with E-state index in [1.807, 2.05) is 42.5 Å². The molecule has 0 aromatic heterocycles. The lowest BCUT2D eigenvalue weighted by atomic mass is 9.82. The Balaban J connectivity index is 2.00. The average Bonchev–Trinajstić information content (AvgIpc) is 2.99. The summed E-state index contributed by atoms with van der Waals surface area (Å²) in [6, 6.07) is 17.3. The van der Waals surface area contributed by atoms with Gasteiger partial charge in [-0.05, 0) is 36.1 Å². The Hall–Kier alpha value is -1.35. The van der Waals surface area contributed by atoms with Gasteiger partial charge in [0.2, 0.25) is 0 Å². The number of hydrogen-bond donors (Lipinski definition) is 1. The first kappa shape index (κ1) is 13.6. The van der Waals surface area contributed by atoms with Crippen LogP contribution in [0.25, 0.3) is 0 Å². The Morgan fingerprint density at radius 1 is 1.05 bits per heavy atom. The van der Waals surface area contributed by atoms with Gasteiger partial charge in [-0.3, -0.25) is 0 Å². The van der Waals surface area contributed by atoms with Crippen LogP contribution in [0.1, 0.15) is 30.1 Å². The summed E-state index contributed by atoms with van der Waals surface area (Å²) < 4.78 is 5.99. The zero-order chi connectivity index (χ0) is 14.0. The van der Waals surface area contributed by atoms with Crippen molar-refractivity contribution in [2.24, 2.45) is 0 Å². The summed E-state index contributed by atoms with van der Waals surface area (Å²) in [5, 5.41) is 11.5. The van der Waals surface area contributed by atoms with E-state index in [9.17, 15) is 5.11 Å². The van der Waals surface area contributed by atoms with Gasteiger partial charge in [-0.25, -0.2) is 0 Å². The summed E-state index contributed by atoms with van der Waals surface area (Å²) in [5.41, 5.74) is 1.22. The number of halogens is 1. The molecule has 1 aliphatic rings. The molecule has 3 rings (SSSR count). The molecule has 1 heterocycles. The first-order chi connectivity index (χ1) is 9.72. The number of rotatable bonds is 3. The topological polar surface area (TPSA) is 29.5 Å². The van der Waals surface area contributed by atoms with Crippen molar-refractivity contribution in [2.45, 2.75) is 24.5 Å². The lowest BCUT2D eigenvalue weighted by Crippen LogP contribution is -2.33. The molecule has 0 aliphatic carbocycles. The maximum atomic E-state index is 10.8. The maximum Gasteiger partial charge on any atom is 0.123 e. The zero-order valence-corrected chi connectivity index (χ0v) is 11.9. The minimum atomic E-state index is -0.690. The summed E-state index contributed by atoms with van der Waals surface area (Å²) in [5.74, 6) is 0. The van der Waals surface area contributed by atoms with E-state index in [4.69, 9.17) is 16.3 Å². The van der Waals surface area contributed by atoms with Crippen molar-refractivity contribution in [2.75, 3.05) is 6.61 Å². The third-order valence-corrected chi connectivity index (χ3v) is 4.19. The fourth-order valence-corrected chi connectivity index (χ4v) is 3.02. The van der Waals surface area contributed by atoms with Crippen molar-refractivity contribution in [1.29, 1.82) is 0 Å². The molecule has 0 spiro atoms. The standard InChI is InChI=1S/C17H17ClO2/c18-15-9-7-13(8-10-15)16(19)17(11-4-12-20-17)14-5-2-1-3-6-14/h1-3,5-10,16,19H,4,11-12H2. The molecule has 0 bridgehead atoms. The Morgan fingerprint density at radius 3 is 2.35 bits per heavy atom. The highest BCUT2D eigenvalue weighted by Gasteiger charge is 2.44. The van der Waals surface area contributed by atoms with Gasteiger partial charge in [-0.15, -0.1) is 0 Å². The Bertz CT molecular complexity index is 559. The maximum absolute atomic E-state index is 10.8. The predicted octanol–water partition coefficient (Wildman–Crippen LogP) is 4.08. The number of aliphatic hydroxyl groups excluding tert-OH is 1. The molecule has 1 aliphatic heterocycles. The molecule has 2 aromatic carbocycles. The second kappa shape index (κ2) is 5.57. The summed E-state index contributed by atoms with van der Waals surface area (Å²) in [6.07, 6.45) is 1.09. The number of ether oxygens (including phenoxy) is 1. The largest absolute Gasteiger partial charge is 0.385 e. The number of aliphatic hydroxyl groups is 1. The fourth-order valence-electron chi connectivity index (χ4n) is 2.90. The van der Waals surface area contributed by atoms with E-state index in [0.717, 1.165) is 24.0 Å². The van der Waals surface area contributed by atoms with E-state index >= 15 is 0 Å². The molecule has 20 heavy (non-hydrogen) atoms. The monoisotopic (exact) mass is 288 g/mol. The van der Waals surface area contributed by atoms with E-state index < -0.39 is 11.7 Å². The van der Waals surface area contributed by atoms with Crippen LogP contribution in [-0.4, -0.2) is 11.7 Å². The normalized spacial score (nSPS) is 23.7. The van der Waals surface area contributed by atoms with E-state index in [-0.39, 0.29) is 0 Å². The molecule has 1 saturated heterocycles. The lowest BCUT2D eigenvalue weighted by molar-refractivity contribution is -0.0984. The molecule has 1 N–H and O–H groups in total. The van der Waals surface area contributed by atoms with Gasteiger partial charge in [0, 0.05) is 11.6 Å². The van der Waals surface area contributed by atoms with E-state index in [0.29, 0.717) is 11.6 Å². The summed E-state index contributed by atoms with van der Waals surface area (Å²) in [6.45, 7) is 0.680. The molecule has 2 atom stereocenters. The van der Waals surface area contributed by atoms with E-state index in [1.54, 1.807) is 12.1 Å². The van der Waals surface area contributed by atoms with Gasteiger partial charge >= 0.3 is 0 Å². The van der Waals surface area contributed by atoms with Crippen LogP contribution in [0.4, 0.5) is 0 Å². The van der Waals surface area contributed by atoms with Crippen molar-refractivity contribution in [3.8, 4) is 0 Å². The highest BCUT2D eigenvalue weighted by atomic mass is 35.5. The lowest BCUT2D eigenvalue weighted by Gasteiger charge is -2.34. The van der Waals surface area contributed by atoms with Gasteiger partial charge < -0.3 is 9.84 Å². The van der Waals surface area contributed by atoms with Gasteiger partial charge in [0.1, 0.15) is 11.7 Å². The van der Waals surface area contributed by atoms with Crippen molar-refractivity contribution in [3.05, 3.63) is 70.7 Å². The third-order valence-electron chi connectivity index (χ3n) is 3.94. The molecule has 104 valence electrons. The first-order valence-corrected chi connectivity index (χ1v) is 7.23. The quantitative estimate of drug-likeness (QED) is 0.922. The van der Waals surface area contributed by atoms with Crippen LogP contribution in [0.2, 0.25) is 5.02 Å². The molecular weight excluding hydrogens is 272 g/mol. The second-order valence-electron chi connectivity index (χ2n) is 5.16. The minimum absolute atomic E-state index is 0.644. The molecular formula is C17H17ClO2. The first-order valence-electron chi connectivity index (χ1n) is 6.85. The van der Waals surface area contributed by atoms with Gasteiger partial charge in [-0.1, -0.05) is 54.1 Å². The van der Waals surface area contributed by atoms with Crippen LogP contribution in [-0.2, 0) is 10.3 Å². The van der Waals surface area contributed by atoms with Crippen LogP contribution in [0, 0.1) is 0 Å². The Kier molecular flexibility index (Phi) is 3.79. The molecule has 3 heteroatoms. The molecule has 0 saturated carbocycles.